The molecule has 130 valence electrons. The molecule has 3 aromatic rings. The zero-order chi connectivity index (χ0) is 18.2. The lowest BCUT2D eigenvalue weighted by Gasteiger charge is -2.07. The van der Waals surface area contributed by atoms with E-state index in [0.29, 0.717) is 5.56 Å². The minimum atomic E-state index is -4.51. The van der Waals surface area contributed by atoms with Gasteiger partial charge in [-0.1, -0.05) is 12.1 Å². The topological polar surface area (TPSA) is 146 Å². The largest absolute Gasteiger partial charge is 0.508 e. The Balaban J connectivity index is 2.00. The van der Waals surface area contributed by atoms with Crippen LogP contribution in [0.3, 0.4) is 0 Å². The molecule has 1 aromatic heterocycles. The van der Waals surface area contributed by atoms with Crippen LogP contribution in [0.2, 0.25) is 0 Å². The zero-order valence-electron chi connectivity index (χ0n) is 12.3. The monoisotopic (exact) mass is 365 g/mol. The molecule has 0 aliphatic heterocycles. The number of hydrogen-bond acceptors (Lipinski definition) is 7. The molecule has 0 aliphatic rings. The molecule has 0 saturated carbocycles. The number of benzene rings is 2. The van der Waals surface area contributed by atoms with Crippen LogP contribution in [0.25, 0.3) is 22.1 Å². The maximum absolute atomic E-state index is 12.5. The predicted molar refractivity (Wildman–Crippen MR) is 86.6 cm³/mol. The van der Waals surface area contributed by atoms with Gasteiger partial charge in [-0.2, -0.15) is 8.42 Å². The van der Waals surface area contributed by atoms with Gasteiger partial charge in [0.2, 0.25) is 5.43 Å². The van der Waals surface area contributed by atoms with E-state index in [2.05, 4.69) is 4.84 Å². The molecule has 0 aliphatic carbocycles. The molecular formula is C15H11NO8S. The maximum atomic E-state index is 12.5. The Morgan fingerprint density at radius 1 is 1.08 bits per heavy atom. The molecule has 9 nitrogen and oxygen atoms in total. The van der Waals surface area contributed by atoms with Crippen LogP contribution in [0.5, 0.6) is 17.2 Å². The molecule has 3 rings (SSSR count). The number of phenolic OH excluding ortho intramolecular Hbond substituents is 2. The van der Waals surface area contributed by atoms with Gasteiger partial charge in [-0.05, 0) is 22.6 Å². The molecule has 0 unspecified atom stereocenters. The second-order valence-electron chi connectivity index (χ2n) is 5.00. The molecule has 10 heteroatoms. The van der Waals surface area contributed by atoms with Crippen LogP contribution < -0.4 is 15.2 Å². The van der Waals surface area contributed by atoms with E-state index in [1.807, 2.05) is 0 Å². The number of fused-ring (bicyclic) bond motifs is 1. The lowest BCUT2D eigenvalue weighted by molar-refractivity contribution is 0.251. The smallest absolute Gasteiger partial charge is 0.364 e. The first-order chi connectivity index (χ1) is 11.7. The Kier molecular flexibility index (Phi) is 4.08. The summed E-state index contributed by atoms with van der Waals surface area (Å²) in [5.74, 6) is -0.587. The molecule has 0 atom stereocenters. The van der Waals surface area contributed by atoms with Crippen LogP contribution >= 0.6 is 0 Å². The van der Waals surface area contributed by atoms with Gasteiger partial charge >= 0.3 is 10.3 Å². The number of aromatic hydroxyl groups is 2. The van der Waals surface area contributed by atoms with Crippen LogP contribution in [0, 0.1) is 0 Å². The van der Waals surface area contributed by atoms with E-state index in [9.17, 15) is 23.4 Å². The lowest BCUT2D eigenvalue weighted by atomic mass is 10.0. The fourth-order valence-corrected chi connectivity index (χ4v) is 2.42. The van der Waals surface area contributed by atoms with Gasteiger partial charge in [-0.3, -0.25) is 9.35 Å². The number of hydrogen-bond donors (Lipinski definition) is 4. The van der Waals surface area contributed by atoms with Crippen molar-refractivity contribution in [2.75, 3.05) is 0 Å². The maximum Gasteiger partial charge on any atom is 0.364 e. The molecule has 0 radical (unpaired) electrons. The van der Waals surface area contributed by atoms with Crippen molar-refractivity contribution in [3.63, 3.8) is 0 Å². The highest BCUT2D eigenvalue weighted by Gasteiger charge is 2.14. The van der Waals surface area contributed by atoms with E-state index < -0.39 is 21.5 Å². The van der Waals surface area contributed by atoms with Crippen LogP contribution in [0.1, 0.15) is 0 Å². The summed E-state index contributed by atoms with van der Waals surface area (Å²) in [5, 5.41) is 19.2. The molecule has 4 N–H and O–H groups in total. The normalized spacial score (nSPS) is 11.6. The van der Waals surface area contributed by atoms with E-state index in [1.165, 1.54) is 41.5 Å². The van der Waals surface area contributed by atoms with Crippen LogP contribution in [0.15, 0.2) is 51.9 Å². The van der Waals surface area contributed by atoms with Crippen LogP contribution in [0.4, 0.5) is 0 Å². The van der Waals surface area contributed by atoms with E-state index in [1.54, 1.807) is 0 Å². The fourth-order valence-electron chi connectivity index (χ4n) is 2.22. The summed E-state index contributed by atoms with van der Waals surface area (Å²) >= 11 is 0. The third kappa shape index (κ3) is 3.55. The van der Waals surface area contributed by atoms with Gasteiger partial charge in [0, 0.05) is 12.1 Å². The first-order valence-electron chi connectivity index (χ1n) is 6.73. The van der Waals surface area contributed by atoms with Gasteiger partial charge < -0.3 is 19.5 Å². The highest BCUT2D eigenvalue weighted by molar-refractivity contribution is 7.83. The van der Waals surface area contributed by atoms with Gasteiger partial charge in [0.05, 0.1) is 5.56 Å². The van der Waals surface area contributed by atoms with Crippen molar-refractivity contribution in [2.45, 2.75) is 0 Å². The lowest BCUT2D eigenvalue weighted by Crippen LogP contribution is -2.26. The van der Waals surface area contributed by atoms with Gasteiger partial charge in [-0.15, -0.1) is 0 Å². The highest BCUT2D eigenvalue weighted by atomic mass is 32.2. The second-order valence-corrected chi connectivity index (χ2v) is 6.12. The van der Waals surface area contributed by atoms with Crippen molar-refractivity contribution in [3.8, 4) is 28.4 Å². The summed E-state index contributed by atoms with van der Waals surface area (Å²) < 4.78 is 34.9. The van der Waals surface area contributed by atoms with Gasteiger partial charge in [0.1, 0.15) is 34.5 Å². The van der Waals surface area contributed by atoms with E-state index in [0.717, 1.165) is 6.07 Å². The van der Waals surface area contributed by atoms with E-state index >= 15 is 0 Å². The Hall–Kier alpha value is -3.08. The predicted octanol–water partition coefficient (Wildman–Crippen LogP) is 1.56. The molecule has 25 heavy (non-hydrogen) atoms. The van der Waals surface area contributed by atoms with Crippen molar-refractivity contribution in [3.05, 3.63) is 52.9 Å². The molecule has 0 bridgehead atoms. The molecule has 0 saturated heterocycles. The van der Waals surface area contributed by atoms with Crippen molar-refractivity contribution in [1.82, 2.24) is 4.89 Å². The van der Waals surface area contributed by atoms with Crippen molar-refractivity contribution < 1.29 is 32.4 Å². The Labute approximate surface area is 140 Å². The minimum absolute atomic E-state index is 0.0311. The third-order valence-corrected chi connectivity index (χ3v) is 3.57. The fraction of sp³-hybridized carbons (Fsp3) is 0. The highest BCUT2D eigenvalue weighted by Crippen LogP contribution is 2.29. The first-order valence-corrected chi connectivity index (χ1v) is 8.17. The quantitative estimate of drug-likeness (QED) is 0.402. The van der Waals surface area contributed by atoms with Crippen molar-refractivity contribution in [1.29, 1.82) is 0 Å². The van der Waals surface area contributed by atoms with Crippen molar-refractivity contribution in [2.24, 2.45) is 0 Å². The molecule has 0 spiro atoms. The van der Waals surface area contributed by atoms with Gasteiger partial charge in [0.25, 0.3) is 0 Å². The van der Waals surface area contributed by atoms with Crippen molar-refractivity contribution >= 4 is 21.3 Å². The standard InChI is InChI=1S/C15H11NO8S/c17-9-5-12(18)14-13(6-9)23-7-11(15(14)19)8-1-3-10(4-2-8)24-16-25(20,21)22/h1-7,16-18H,(H,20,21,22). The first kappa shape index (κ1) is 16.8. The average Bonchev–Trinajstić information content (AvgIpc) is 2.52. The summed E-state index contributed by atoms with van der Waals surface area (Å²) in [4.78, 5) is 18.6. The van der Waals surface area contributed by atoms with E-state index in [-0.39, 0.29) is 28.0 Å². The molecule has 0 fully saturated rings. The number of nitrogens with one attached hydrogen (secondary N) is 1. The zero-order valence-corrected chi connectivity index (χ0v) is 13.1. The molecule has 2 aromatic carbocycles. The van der Waals surface area contributed by atoms with Crippen LogP contribution in [-0.2, 0) is 10.3 Å². The summed E-state index contributed by atoms with van der Waals surface area (Å²) in [5.41, 5.74) is 0.0807. The summed E-state index contributed by atoms with van der Waals surface area (Å²) in [6.45, 7) is 0. The Morgan fingerprint density at radius 2 is 1.76 bits per heavy atom. The van der Waals surface area contributed by atoms with Gasteiger partial charge in [-0.25, -0.2) is 0 Å². The van der Waals surface area contributed by atoms with Crippen LogP contribution in [-0.4, -0.2) is 23.2 Å². The third-order valence-electron chi connectivity index (χ3n) is 3.27. The number of phenols is 2. The molecule has 0 amide bonds. The summed E-state index contributed by atoms with van der Waals surface area (Å²) in [6.07, 6.45) is 1.18. The second kappa shape index (κ2) is 6.09. The summed E-state index contributed by atoms with van der Waals surface area (Å²) in [7, 11) is -4.51. The summed E-state index contributed by atoms with van der Waals surface area (Å²) in [6, 6.07) is 7.86. The minimum Gasteiger partial charge on any atom is -0.508 e. The van der Waals surface area contributed by atoms with Gasteiger partial charge in [0.15, 0.2) is 0 Å². The number of rotatable bonds is 4. The molecular weight excluding hydrogens is 354 g/mol. The Morgan fingerprint density at radius 3 is 2.40 bits per heavy atom. The SMILES string of the molecule is O=c1c(-c2ccc(ONS(=O)(=O)O)cc2)coc2cc(O)cc(O)c12. The van der Waals surface area contributed by atoms with E-state index in [4.69, 9.17) is 8.97 Å². The average molecular weight is 365 g/mol. The molecule has 1 heterocycles. The Bertz CT molecular complexity index is 1100.